The number of rotatable bonds is 8. The molecular weight excluding hydrogens is 418 g/mol. The van der Waals surface area contributed by atoms with E-state index in [2.05, 4.69) is 39.5 Å². The summed E-state index contributed by atoms with van der Waals surface area (Å²) in [5.41, 5.74) is 1.38. The van der Waals surface area contributed by atoms with Crippen molar-refractivity contribution >= 4 is 27.1 Å². The topological polar surface area (TPSA) is 82.0 Å². The van der Waals surface area contributed by atoms with Crippen LogP contribution in [0.25, 0.3) is 0 Å². The molecule has 2 N–H and O–H groups in total. The SMILES string of the molecule is CCNC(=NCC(O)CS(=O)(=O)c1cccs1)N1CCC(Cc2ccccc2)CC1. The predicted molar refractivity (Wildman–Crippen MR) is 123 cm³/mol. The molecule has 1 atom stereocenters. The highest BCUT2D eigenvalue weighted by atomic mass is 32.2. The Labute approximate surface area is 183 Å². The maximum atomic E-state index is 12.3. The number of guanidine groups is 1. The molecule has 1 fully saturated rings. The molecule has 3 rings (SSSR count). The van der Waals surface area contributed by atoms with Crippen molar-refractivity contribution in [3.05, 3.63) is 53.4 Å². The number of benzene rings is 1. The molecule has 0 bridgehead atoms. The lowest BCUT2D eigenvalue weighted by atomic mass is 9.90. The largest absolute Gasteiger partial charge is 0.390 e. The van der Waals surface area contributed by atoms with Crippen LogP contribution in [-0.2, 0) is 16.3 Å². The van der Waals surface area contributed by atoms with Gasteiger partial charge in [-0.15, -0.1) is 11.3 Å². The summed E-state index contributed by atoms with van der Waals surface area (Å²) in [6, 6.07) is 13.9. The van der Waals surface area contributed by atoms with Crippen LogP contribution in [0.5, 0.6) is 0 Å². The summed E-state index contributed by atoms with van der Waals surface area (Å²) in [6.45, 7) is 4.62. The van der Waals surface area contributed by atoms with Gasteiger partial charge in [0.2, 0.25) is 0 Å². The van der Waals surface area contributed by atoms with Gasteiger partial charge in [-0.1, -0.05) is 36.4 Å². The Balaban J connectivity index is 1.53. The molecule has 1 aliphatic rings. The fourth-order valence-electron chi connectivity index (χ4n) is 3.74. The predicted octanol–water partition coefficient (Wildman–Crippen LogP) is 2.80. The van der Waals surface area contributed by atoms with Gasteiger partial charge in [0.1, 0.15) is 4.21 Å². The Morgan fingerprint density at radius 2 is 1.97 bits per heavy atom. The van der Waals surface area contributed by atoms with Gasteiger partial charge >= 0.3 is 0 Å². The maximum Gasteiger partial charge on any atom is 0.194 e. The number of aliphatic hydroxyl groups is 1. The molecular formula is C22H31N3O3S2. The van der Waals surface area contributed by atoms with Crippen molar-refractivity contribution in [3.8, 4) is 0 Å². The summed E-state index contributed by atoms with van der Waals surface area (Å²) in [5, 5.41) is 15.3. The van der Waals surface area contributed by atoms with Gasteiger partial charge in [0.25, 0.3) is 0 Å². The third-order valence-electron chi connectivity index (χ3n) is 5.28. The Morgan fingerprint density at radius 1 is 1.23 bits per heavy atom. The molecule has 1 saturated heterocycles. The van der Waals surface area contributed by atoms with E-state index in [9.17, 15) is 13.5 Å². The lowest BCUT2D eigenvalue weighted by molar-refractivity contribution is 0.204. The van der Waals surface area contributed by atoms with Crippen molar-refractivity contribution < 1.29 is 13.5 Å². The van der Waals surface area contributed by atoms with Crippen LogP contribution in [0.3, 0.4) is 0 Å². The van der Waals surface area contributed by atoms with Crippen molar-refractivity contribution in [2.75, 3.05) is 31.9 Å². The Morgan fingerprint density at radius 3 is 2.60 bits per heavy atom. The molecule has 1 aromatic carbocycles. The number of thiophene rings is 1. The summed E-state index contributed by atoms with van der Waals surface area (Å²) in [6.07, 6.45) is 2.26. The lowest BCUT2D eigenvalue weighted by Gasteiger charge is -2.34. The molecule has 1 aliphatic heterocycles. The number of sulfone groups is 1. The average Bonchev–Trinajstić information content (AvgIpc) is 3.28. The summed E-state index contributed by atoms with van der Waals surface area (Å²) in [4.78, 5) is 6.75. The van der Waals surface area contributed by atoms with E-state index in [1.807, 2.05) is 13.0 Å². The second-order valence-corrected chi connectivity index (χ2v) is 10.9. The van der Waals surface area contributed by atoms with E-state index in [0.29, 0.717) is 5.92 Å². The van der Waals surface area contributed by atoms with E-state index in [1.165, 1.54) is 16.9 Å². The van der Waals surface area contributed by atoms with Crippen LogP contribution in [0.1, 0.15) is 25.3 Å². The molecule has 2 aromatic rings. The van der Waals surface area contributed by atoms with Gasteiger partial charge in [0.05, 0.1) is 18.4 Å². The van der Waals surface area contributed by atoms with E-state index in [4.69, 9.17) is 0 Å². The standard InChI is InChI=1S/C22H31N3O3S2/c1-2-23-22(24-16-20(26)17-30(27,28)21-9-6-14-29-21)25-12-10-19(11-13-25)15-18-7-4-3-5-8-18/h3-9,14,19-20,26H,2,10-13,15-17H2,1H3,(H,23,24). The smallest absolute Gasteiger partial charge is 0.194 e. The van der Waals surface area contributed by atoms with Crippen LogP contribution < -0.4 is 5.32 Å². The maximum absolute atomic E-state index is 12.3. The Hall–Kier alpha value is -1.90. The second-order valence-electron chi connectivity index (χ2n) is 7.68. The van der Waals surface area contributed by atoms with Gasteiger partial charge in [-0.25, -0.2) is 8.42 Å². The number of nitrogens with one attached hydrogen (secondary N) is 1. The number of aliphatic hydroxyl groups excluding tert-OH is 1. The highest BCUT2D eigenvalue weighted by Gasteiger charge is 2.23. The molecule has 0 spiro atoms. The van der Waals surface area contributed by atoms with Gasteiger partial charge in [-0.05, 0) is 49.1 Å². The molecule has 6 nitrogen and oxygen atoms in total. The molecule has 0 amide bonds. The minimum Gasteiger partial charge on any atom is -0.390 e. The molecule has 0 saturated carbocycles. The van der Waals surface area contributed by atoms with Crippen LogP contribution in [-0.4, -0.2) is 62.4 Å². The van der Waals surface area contributed by atoms with Gasteiger partial charge in [-0.2, -0.15) is 0 Å². The molecule has 8 heteroatoms. The first kappa shape index (κ1) is 22.8. The monoisotopic (exact) mass is 449 g/mol. The second kappa shape index (κ2) is 10.9. The molecule has 1 aromatic heterocycles. The molecule has 0 aliphatic carbocycles. The first-order valence-corrected chi connectivity index (χ1v) is 13.0. The normalized spacial score (nSPS) is 17.1. The van der Waals surface area contributed by atoms with Crippen molar-refractivity contribution in [2.45, 2.75) is 36.5 Å². The van der Waals surface area contributed by atoms with Crippen molar-refractivity contribution in [3.63, 3.8) is 0 Å². The quantitative estimate of drug-likeness (QED) is 0.478. The minimum absolute atomic E-state index is 0.0664. The van der Waals surface area contributed by atoms with Crippen molar-refractivity contribution in [2.24, 2.45) is 10.9 Å². The summed E-state index contributed by atoms with van der Waals surface area (Å²) in [7, 11) is -3.47. The highest BCUT2D eigenvalue weighted by Crippen LogP contribution is 2.22. The Kier molecular flexibility index (Phi) is 8.30. The molecule has 2 heterocycles. The Bertz CT molecular complexity index is 891. The molecule has 164 valence electrons. The first-order valence-electron chi connectivity index (χ1n) is 10.5. The van der Waals surface area contributed by atoms with Gasteiger partial charge in [0, 0.05) is 19.6 Å². The van der Waals surface area contributed by atoms with E-state index in [-0.39, 0.29) is 16.5 Å². The van der Waals surface area contributed by atoms with Crippen LogP contribution >= 0.6 is 11.3 Å². The summed E-state index contributed by atoms with van der Waals surface area (Å²) in [5.74, 6) is 1.10. The molecule has 1 unspecified atom stereocenters. The first-order chi connectivity index (χ1) is 14.5. The van der Waals surface area contributed by atoms with E-state index in [0.717, 1.165) is 44.9 Å². The minimum atomic E-state index is -3.47. The van der Waals surface area contributed by atoms with E-state index in [1.54, 1.807) is 17.5 Å². The third kappa shape index (κ3) is 6.55. The fraction of sp³-hybridized carbons (Fsp3) is 0.500. The van der Waals surface area contributed by atoms with E-state index < -0.39 is 15.9 Å². The number of hydrogen-bond acceptors (Lipinski definition) is 5. The van der Waals surface area contributed by atoms with Gasteiger partial charge in [-0.3, -0.25) is 4.99 Å². The van der Waals surface area contributed by atoms with Crippen molar-refractivity contribution in [1.29, 1.82) is 0 Å². The molecule has 0 radical (unpaired) electrons. The summed E-state index contributed by atoms with van der Waals surface area (Å²) >= 11 is 1.17. The zero-order valence-corrected chi connectivity index (χ0v) is 19.0. The van der Waals surface area contributed by atoms with Crippen LogP contribution in [0.2, 0.25) is 0 Å². The number of likely N-dealkylation sites (tertiary alicyclic amines) is 1. The number of hydrogen-bond donors (Lipinski definition) is 2. The van der Waals surface area contributed by atoms with Gasteiger partial charge < -0.3 is 15.3 Å². The van der Waals surface area contributed by atoms with Crippen LogP contribution in [0.4, 0.5) is 0 Å². The number of aliphatic imine (C=N–C) groups is 1. The van der Waals surface area contributed by atoms with Crippen LogP contribution in [0.15, 0.2) is 57.0 Å². The number of nitrogens with zero attached hydrogens (tertiary/aromatic N) is 2. The zero-order valence-electron chi connectivity index (χ0n) is 17.4. The highest BCUT2D eigenvalue weighted by molar-refractivity contribution is 7.93. The average molecular weight is 450 g/mol. The van der Waals surface area contributed by atoms with Crippen LogP contribution in [0, 0.1) is 5.92 Å². The van der Waals surface area contributed by atoms with E-state index >= 15 is 0 Å². The zero-order chi connectivity index (χ0) is 21.4. The third-order valence-corrected chi connectivity index (χ3v) is 8.57. The summed E-state index contributed by atoms with van der Waals surface area (Å²) < 4.78 is 25.0. The fourth-order valence-corrected chi connectivity index (χ4v) is 6.21. The number of piperidine rings is 1. The van der Waals surface area contributed by atoms with Gasteiger partial charge in [0.15, 0.2) is 15.8 Å². The van der Waals surface area contributed by atoms with Crippen molar-refractivity contribution in [1.82, 2.24) is 10.2 Å². The molecule has 30 heavy (non-hydrogen) atoms. The lowest BCUT2D eigenvalue weighted by Crippen LogP contribution is -2.46.